The van der Waals surface area contributed by atoms with Crippen LogP contribution in [-0.4, -0.2) is 60.4 Å². The first-order valence-electron chi connectivity index (χ1n) is 12.2. The van der Waals surface area contributed by atoms with Crippen LogP contribution in [0.1, 0.15) is 57.3 Å². The molecule has 2 aliphatic rings. The van der Waals surface area contributed by atoms with Crippen molar-refractivity contribution in [2.45, 2.75) is 71.1 Å². The van der Waals surface area contributed by atoms with Gasteiger partial charge in [-0.1, -0.05) is 20.8 Å². The number of likely N-dealkylation sites (N-methyl/N-ethyl adjacent to an activating group) is 1. The largest absolute Gasteiger partial charge is 0.464 e. The van der Waals surface area contributed by atoms with Crippen molar-refractivity contribution in [1.82, 2.24) is 20.9 Å². The third-order valence-corrected chi connectivity index (χ3v) is 7.38. The van der Waals surface area contributed by atoms with Crippen molar-refractivity contribution in [3.8, 4) is 0 Å². The number of hydrogen-bond acceptors (Lipinski definition) is 5. The van der Waals surface area contributed by atoms with E-state index in [1.165, 1.54) is 0 Å². The maximum Gasteiger partial charge on any atom is 0.251 e. The van der Waals surface area contributed by atoms with Gasteiger partial charge in [0.05, 0.1) is 18.3 Å². The van der Waals surface area contributed by atoms with E-state index >= 15 is 0 Å². The van der Waals surface area contributed by atoms with Crippen LogP contribution in [0, 0.1) is 11.3 Å². The molecule has 0 bridgehead atoms. The number of rotatable bonds is 6. The molecule has 8 heteroatoms. The minimum absolute atomic E-state index is 0.0578. The summed E-state index contributed by atoms with van der Waals surface area (Å²) in [4.78, 5) is 41.4. The lowest BCUT2D eigenvalue weighted by atomic mass is 9.85. The summed E-state index contributed by atoms with van der Waals surface area (Å²) in [5, 5.41) is 9.98. The summed E-state index contributed by atoms with van der Waals surface area (Å²) < 4.78 is 5.37. The Morgan fingerprint density at radius 3 is 2.59 bits per heavy atom. The lowest BCUT2D eigenvalue weighted by Crippen LogP contribution is -2.60. The molecule has 3 amide bonds. The van der Waals surface area contributed by atoms with Crippen molar-refractivity contribution in [3.63, 3.8) is 0 Å². The van der Waals surface area contributed by atoms with Crippen LogP contribution in [0.4, 0.5) is 0 Å². The smallest absolute Gasteiger partial charge is 0.251 e. The van der Waals surface area contributed by atoms with Gasteiger partial charge in [-0.25, -0.2) is 0 Å². The van der Waals surface area contributed by atoms with Crippen LogP contribution in [0.25, 0.3) is 11.0 Å². The fourth-order valence-electron chi connectivity index (χ4n) is 5.29. The van der Waals surface area contributed by atoms with Gasteiger partial charge in [0.2, 0.25) is 11.8 Å². The van der Waals surface area contributed by atoms with Crippen molar-refractivity contribution >= 4 is 28.7 Å². The fraction of sp³-hybridized carbons (Fsp3) is 0.577. The summed E-state index contributed by atoms with van der Waals surface area (Å²) >= 11 is 0. The molecule has 0 spiro atoms. The molecule has 1 aromatic carbocycles. The van der Waals surface area contributed by atoms with Crippen LogP contribution in [0.3, 0.4) is 0 Å². The van der Waals surface area contributed by atoms with Crippen molar-refractivity contribution in [2.24, 2.45) is 11.3 Å². The molecular weight excluding hydrogens is 432 g/mol. The summed E-state index contributed by atoms with van der Waals surface area (Å²) in [5.74, 6) is -0.0511. The van der Waals surface area contributed by atoms with E-state index in [4.69, 9.17) is 4.42 Å². The van der Waals surface area contributed by atoms with Crippen molar-refractivity contribution in [1.29, 1.82) is 0 Å². The second-order valence-corrected chi connectivity index (χ2v) is 10.7. The maximum atomic E-state index is 13.8. The van der Waals surface area contributed by atoms with Crippen LogP contribution in [0.2, 0.25) is 0 Å². The highest BCUT2D eigenvalue weighted by Gasteiger charge is 2.49. The minimum Gasteiger partial charge on any atom is -0.464 e. The topological polar surface area (TPSA) is 104 Å². The Morgan fingerprint density at radius 1 is 1.12 bits per heavy atom. The first kappa shape index (κ1) is 24.3. The molecule has 0 unspecified atom stereocenters. The molecule has 0 radical (unpaired) electrons. The van der Waals surface area contributed by atoms with Gasteiger partial charge >= 0.3 is 0 Å². The van der Waals surface area contributed by atoms with Gasteiger partial charge in [0.15, 0.2) is 0 Å². The molecule has 5 atom stereocenters. The first-order valence-corrected chi connectivity index (χ1v) is 12.2. The van der Waals surface area contributed by atoms with Gasteiger partial charge in [-0.15, -0.1) is 0 Å². The number of nitrogens with one attached hydrogen (secondary N) is 3. The Hall–Kier alpha value is -2.87. The average Bonchev–Trinajstić information content (AvgIpc) is 3.52. The molecule has 1 saturated heterocycles. The summed E-state index contributed by atoms with van der Waals surface area (Å²) in [6.45, 7) is 8.31. The van der Waals surface area contributed by atoms with E-state index < -0.39 is 17.5 Å². The van der Waals surface area contributed by atoms with Gasteiger partial charge in [0.25, 0.3) is 5.91 Å². The zero-order valence-corrected chi connectivity index (χ0v) is 20.7. The molecule has 2 heterocycles. The molecule has 2 fully saturated rings. The minimum atomic E-state index is -0.644. The SMILES string of the molecule is CN[C@@H](C)C(=O)N[C@H](C(=O)N1CC[C@H]2CC[C@H](NC(=O)c3ccc4occc4c3)[C@H]21)C(C)(C)C. The maximum absolute atomic E-state index is 13.8. The van der Waals surface area contributed by atoms with Crippen molar-refractivity contribution in [2.75, 3.05) is 13.6 Å². The lowest BCUT2D eigenvalue weighted by Gasteiger charge is -2.37. The normalized spacial score (nSPS) is 24.0. The number of benzene rings is 1. The quantitative estimate of drug-likeness (QED) is 0.605. The lowest BCUT2D eigenvalue weighted by molar-refractivity contribution is -0.141. The number of hydrogen-bond donors (Lipinski definition) is 3. The molecule has 1 aliphatic carbocycles. The monoisotopic (exact) mass is 468 g/mol. The molecule has 4 rings (SSSR count). The third-order valence-electron chi connectivity index (χ3n) is 7.38. The number of furan rings is 1. The summed E-state index contributed by atoms with van der Waals surface area (Å²) in [5.41, 5.74) is 0.873. The van der Waals surface area contributed by atoms with Crippen molar-refractivity contribution in [3.05, 3.63) is 36.1 Å². The van der Waals surface area contributed by atoms with Crippen LogP contribution in [0.5, 0.6) is 0 Å². The van der Waals surface area contributed by atoms with Crippen LogP contribution >= 0.6 is 0 Å². The van der Waals surface area contributed by atoms with Gasteiger partial charge in [0, 0.05) is 23.5 Å². The van der Waals surface area contributed by atoms with Gasteiger partial charge in [-0.3, -0.25) is 14.4 Å². The van der Waals surface area contributed by atoms with Crippen LogP contribution < -0.4 is 16.0 Å². The zero-order valence-electron chi connectivity index (χ0n) is 20.7. The van der Waals surface area contributed by atoms with Crippen LogP contribution in [-0.2, 0) is 9.59 Å². The standard InChI is InChI=1S/C26H36N4O4/c1-15(27-5)23(31)29-22(26(2,3)4)25(33)30-12-10-16-6-8-19(21(16)30)28-24(32)18-7-9-20-17(14-18)11-13-34-20/h7,9,11,13-16,19,21-22,27H,6,8,10,12H2,1-5H3,(H,28,32)(H,29,31)/t15-,16+,19-,21-,22+/m0/s1. The molecular formula is C26H36N4O4. The molecule has 34 heavy (non-hydrogen) atoms. The molecule has 184 valence electrons. The van der Waals surface area contributed by atoms with E-state index in [9.17, 15) is 14.4 Å². The number of amides is 3. The van der Waals surface area contributed by atoms with Gasteiger partial charge in [-0.05, 0) is 68.8 Å². The number of fused-ring (bicyclic) bond motifs is 2. The van der Waals surface area contributed by atoms with Crippen LogP contribution in [0.15, 0.2) is 34.9 Å². The predicted molar refractivity (Wildman–Crippen MR) is 130 cm³/mol. The van der Waals surface area contributed by atoms with E-state index in [2.05, 4.69) is 16.0 Å². The summed E-state index contributed by atoms with van der Waals surface area (Å²) in [6, 6.07) is 6.02. The zero-order chi connectivity index (χ0) is 24.6. The average molecular weight is 469 g/mol. The second-order valence-electron chi connectivity index (χ2n) is 10.7. The molecule has 1 aromatic heterocycles. The number of carbonyl (C=O) groups excluding carboxylic acids is 3. The highest BCUT2D eigenvalue weighted by molar-refractivity contribution is 5.98. The summed E-state index contributed by atoms with van der Waals surface area (Å²) in [6.07, 6.45) is 4.34. The number of nitrogens with zero attached hydrogens (tertiary/aromatic N) is 1. The Bertz CT molecular complexity index is 1070. The Morgan fingerprint density at radius 2 is 1.88 bits per heavy atom. The van der Waals surface area contributed by atoms with E-state index in [0.29, 0.717) is 18.0 Å². The molecule has 8 nitrogen and oxygen atoms in total. The second kappa shape index (κ2) is 9.41. The Labute approximate surface area is 200 Å². The van der Waals surface area contributed by atoms with E-state index in [1.807, 2.05) is 37.8 Å². The van der Waals surface area contributed by atoms with E-state index in [-0.39, 0.29) is 29.8 Å². The number of likely N-dealkylation sites (tertiary alicyclic amines) is 1. The fourth-order valence-corrected chi connectivity index (χ4v) is 5.29. The van der Waals surface area contributed by atoms with Gasteiger partial charge in [-0.2, -0.15) is 0 Å². The Kier molecular flexibility index (Phi) is 6.71. The number of carbonyl (C=O) groups is 3. The van der Waals surface area contributed by atoms with Gasteiger partial charge < -0.3 is 25.3 Å². The van der Waals surface area contributed by atoms with E-state index in [1.54, 1.807) is 32.4 Å². The molecule has 3 N–H and O–H groups in total. The first-order chi connectivity index (χ1) is 16.1. The third kappa shape index (κ3) is 4.69. The predicted octanol–water partition coefficient (Wildman–Crippen LogP) is 2.68. The molecule has 1 saturated carbocycles. The summed E-state index contributed by atoms with van der Waals surface area (Å²) in [7, 11) is 1.72. The highest BCUT2D eigenvalue weighted by atomic mass is 16.3. The Balaban J connectivity index is 1.50. The van der Waals surface area contributed by atoms with E-state index in [0.717, 1.165) is 30.2 Å². The highest BCUT2D eigenvalue weighted by Crippen LogP contribution is 2.39. The molecule has 1 aliphatic heterocycles. The van der Waals surface area contributed by atoms with Crippen molar-refractivity contribution < 1.29 is 18.8 Å². The van der Waals surface area contributed by atoms with Gasteiger partial charge in [0.1, 0.15) is 11.6 Å². The molecule has 2 aromatic rings.